The lowest BCUT2D eigenvalue weighted by atomic mass is 9.85. The number of carboxylic acid groups (broad SMARTS) is 1. The monoisotopic (exact) mass is 305 g/mol. The first-order chi connectivity index (χ1) is 10.5. The second-order valence-corrected chi connectivity index (χ2v) is 6.09. The SMILES string of the molecule is CCCC(CNC(=O)CC(c1ccccc1)C(C)C)C(=O)O. The highest BCUT2D eigenvalue weighted by molar-refractivity contribution is 5.78. The molecule has 0 aliphatic carbocycles. The Labute approximate surface area is 132 Å². The first-order valence-electron chi connectivity index (χ1n) is 8.00. The van der Waals surface area contributed by atoms with E-state index >= 15 is 0 Å². The predicted molar refractivity (Wildman–Crippen MR) is 87.7 cm³/mol. The van der Waals surface area contributed by atoms with Crippen LogP contribution in [0.25, 0.3) is 0 Å². The number of rotatable bonds is 9. The van der Waals surface area contributed by atoms with Crippen molar-refractivity contribution >= 4 is 11.9 Å². The molecule has 0 saturated carbocycles. The molecule has 1 rings (SSSR count). The number of hydrogen-bond donors (Lipinski definition) is 2. The van der Waals surface area contributed by atoms with Crippen molar-refractivity contribution in [3.8, 4) is 0 Å². The van der Waals surface area contributed by atoms with Gasteiger partial charge in [0.25, 0.3) is 0 Å². The standard InChI is InChI=1S/C18H27NO3/c1-4-8-15(18(21)22)12-19-17(20)11-16(13(2)3)14-9-6-5-7-10-14/h5-7,9-10,13,15-16H,4,8,11-12H2,1-3H3,(H,19,20)(H,21,22). The number of amides is 1. The molecular formula is C18H27NO3. The molecule has 0 aromatic heterocycles. The van der Waals surface area contributed by atoms with Gasteiger partial charge in [-0.25, -0.2) is 0 Å². The van der Waals surface area contributed by atoms with E-state index < -0.39 is 11.9 Å². The summed E-state index contributed by atoms with van der Waals surface area (Å²) in [6, 6.07) is 9.99. The van der Waals surface area contributed by atoms with Crippen molar-refractivity contribution in [1.29, 1.82) is 0 Å². The van der Waals surface area contributed by atoms with Crippen LogP contribution in [0.3, 0.4) is 0 Å². The van der Waals surface area contributed by atoms with Crippen LogP contribution >= 0.6 is 0 Å². The molecule has 1 amide bonds. The number of nitrogens with one attached hydrogen (secondary N) is 1. The van der Waals surface area contributed by atoms with Gasteiger partial charge in [0.15, 0.2) is 0 Å². The predicted octanol–water partition coefficient (Wildman–Crippen LogP) is 3.43. The van der Waals surface area contributed by atoms with Crippen molar-refractivity contribution in [3.05, 3.63) is 35.9 Å². The van der Waals surface area contributed by atoms with E-state index in [-0.39, 0.29) is 18.4 Å². The van der Waals surface area contributed by atoms with Crippen molar-refractivity contribution < 1.29 is 14.7 Å². The fourth-order valence-corrected chi connectivity index (χ4v) is 2.61. The molecule has 2 unspecified atom stereocenters. The Morgan fingerprint density at radius 3 is 2.32 bits per heavy atom. The third-order valence-electron chi connectivity index (χ3n) is 3.97. The minimum Gasteiger partial charge on any atom is -0.481 e. The Bertz CT molecular complexity index is 470. The lowest BCUT2D eigenvalue weighted by Crippen LogP contribution is -2.34. The van der Waals surface area contributed by atoms with Gasteiger partial charge in [-0.1, -0.05) is 57.5 Å². The molecule has 22 heavy (non-hydrogen) atoms. The summed E-state index contributed by atoms with van der Waals surface area (Å²) in [6.07, 6.45) is 1.77. The Kier molecular flexibility index (Phi) is 7.64. The van der Waals surface area contributed by atoms with Crippen LogP contribution < -0.4 is 5.32 Å². The van der Waals surface area contributed by atoms with Crippen molar-refractivity contribution in [2.24, 2.45) is 11.8 Å². The Morgan fingerprint density at radius 2 is 1.82 bits per heavy atom. The number of carboxylic acids is 1. The van der Waals surface area contributed by atoms with Gasteiger partial charge in [-0.15, -0.1) is 0 Å². The first kappa shape index (κ1) is 18.2. The van der Waals surface area contributed by atoms with Crippen LogP contribution in [0.15, 0.2) is 30.3 Å². The summed E-state index contributed by atoms with van der Waals surface area (Å²) in [6.45, 7) is 6.35. The highest BCUT2D eigenvalue weighted by Crippen LogP contribution is 2.27. The van der Waals surface area contributed by atoms with E-state index in [1.54, 1.807) is 0 Å². The number of carbonyl (C=O) groups excluding carboxylic acids is 1. The van der Waals surface area contributed by atoms with Gasteiger partial charge >= 0.3 is 5.97 Å². The molecule has 4 heteroatoms. The summed E-state index contributed by atoms with van der Waals surface area (Å²) >= 11 is 0. The fourth-order valence-electron chi connectivity index (χ4n) is 2.61. The van der Waals surface area contributed by atoms with Crippen molar-refractivity contribution in [2.75, 3.05) is 6.54 Å². The van der Waals surface area contributed by atoms with E-state index in [1.165, 1.54) is 0 Å². The van der Waals surface area contributed by atoms with Gasteiger partial charge in [0.2, 0.25) is 5.91 Å². The molecule has 0 heterocycles. The topological polar surface area (TPSA) is 66.4 Å². The molecule has 1 aromatic rings. The highest BCUT2D eigenvalue weighted by Gasteiger charge is 2.21. The minimum absolute atomic E-state index is 0.0788. The lowest BCUT2D eigenvalue weighted by Gasteiger charge is -2.21. The second kappa shape index (κ2) is 9.23. The van der Waals surface area contributed by atoms with Gasteiger partial charge in [-0.3, -0.25) is 9.59 Å². The number of carbonyl (C=O) groups is 2. The molecule has 0 aliphatic rings. The van der Waals surface area contributed by atoms with Gasteiger partial charge in [0.05, 0.1) is 5.92 Å². The van der Waals surface area contributed by atoms with Crippen LogP contribution in [0.2, 0.25) is 0 Å². The van der Waals surface area contributed by atoms with Crippen LogP contribution in [0.1, 0.15) is 51.5 Å². The normalized spacial score (nSPS) is 13.6. The van der Waals surface area contributed by atoms with E-state index in [9.17, 15) is 9.59 Å². The molecule has 4 nitrogen and oxygen atoms in total. The molecule has 2 atom stereocenters. The minimum atomic E-state index is -0.842. The zero-order valence-corrected chi connectivity index (χ0v) is 13.7. The van der Waals surface area contributed by atoms with Crippen molar-refractivity contribution in [2.45, 2.75) is 46.0 Å². The van der Waals surface area contributed by atoms with Crippen LogP contribution in [0.4, 0.5) is 0 Å². The number of benzene rings is 1. The smallest absolute Gasteiger partial charge is 0.308 e. The van der Waals surface area contributed by atoms with E-state index in [1.807, 2.05) is 37.3 Å². The molecule has 122 valence electrons. The third-order valence-corrected chi connectivity index (χ3v) is 3.97. The summed E-state index contributed by atoms with van der Waals surface area (Å²) in [4.78, 5) is 23.3. The Morgan fingerprint density at radius 1 is 1.18 bits per heavy atom. The third kappa shape index (κ3) is 5.88. The molecule has 2 N–H and O–H groups in total. The van der Waals surface area contributed by atoms with Gasteiger partial charge in [0, 0.05) is 13.0 Å². The molecule has 0 fully saturated rings. The zero-order chi connectivity index (χ0) is 16.5. The molecule has 0 spiro atoms. The summed E-state index contributed by atoms with van der Waals surface area (Å²) < 4.78 is 0. The van der Waals surface area contributed by atoms with E-state index in [4.69, 9.17) is 5.11 Å². The summed E-state index contributed by atoms with van der Waals surface area (Å²) in [5.41, 5.74) is 1.15. The molecule has 0 saturated heterocycles. The zero-order valence-electron chi connectivity index (χ0n) is 13.7. The van der Waals surface area contributed by atoms with Gasteiger partial charge in [-0.2, -0.15) is 0 Å². The largest absolute Gasteiger partial charge is 0.481 e. The van der Waals surface area contributed by atoms with E-state index in [0.717, 1.165) is 12.0 Å². The maximum Gasteiger partial charge on any atom is 0.308 e. The van der Waals surface area contributed by atoms with Crippen LogP contribution in [0, 0.1) is 11.8 Å². The average molecular weight is 305 g/mol. The van der Waals surface area contributed by atoms with Gasteiger partial charge < -0.3 is 10.4 Å². The van der Waals surface area contributed by atoms with Gasteiger partial charge in [0.1, 0.15) is 0 Å². The van der Waals surface area contributed by atoms with E-state index in [0.29, 0.717) is 18.8 Å². The molecule has 0 radical (unpaired) electrons. The molecular weight excluding hydrogens is 278 g/mol. The van der Waals surface area contributed by atoms with Crippen LogP contribution in [0.5, 0.6) is 0 Å². The highest BCUT2D eigenvalue weighted by atomic mass is 16.4. The maximum atomic E-state index is 12.2. The molecule has 1 aromatic carbocycles. The quantitative estimate of drug-likeness (QED) is 0.734. The summed E-state index contributed by atoms with van der Waals surface area (Å²) in [7, 11) is 0. The Balaban J connectivity index is 2.59. The number of aliphatic carboxylic acids is 1. The Hall–Kier alpha value is -1.84. The van der Waals surface area contributed by atoms with Crippen LogP contribution in [-0.4, -0.2) is 23.5 Å². The number of hydrogen-bond acceptors (Lipinski definition) is 2. The average Bonchev–Trinajstić information content (AvgIpc) is 2.49. The first-order valence-corrected chi connectivity index (χ1v) is 8.00. The summed E-state index contributed by atoms with van der Waals surface area (Å²) in [5, 5.41) is 11.9. The van der Waals surface area contributed by atoms with E-state index in [2.05, 4.69) is 19.2 Å². The second-order valence-electron chi connectivity index (χ2n) is 6.09. The van der Waals surface area contributed by atoms with Crippen molar-refractivity contribution in [1.82, 2.24) is 5.32 Å². The lowest BCUT2D eigenvalue weighted by molar-refractivity contribution is -0.141. The fraction of sp³-hybridized carbons (Fsp3) is 0.556. The maximum absolute atomic E-state index is 12.2. The summed E-state index contributed by atoms with van der Waals surface area (Å²) in [5.74, 6) is -0.923. The molecule has 0 bridgehead atoms. The van der Waals surface area contributed by atoms with Crippen molar-refractivity contribution in [3.63, 3.8) is 0 Å². The molecule has 0 aliphatic heterocycles. The van der Waals surface area contributed by atoms with Crippen LogP contribution in [-0.2, 0) is 9.59 Å². The van der Waals surface area contributed by atoms with Gasteiger partial charge in [-0.05, 0) is 23.8 Å².